The maximum absolute atomic E-state index is 13.0. The number of fused-ring (bicyclic) bond motifs is 1. The number of carbonyl (C=O) groups excluding carboxylic acids is 1. The van der Waals surface area contributed by atoms with Crippen molar-refractivity contribution in [2.24, 2.45) is 0 Å². The van der Waals surface area contributed by atoms with E-state index >= 15 is 0 Å². The smallest absolute Gasteiger partial charge is 0.273 e. The Bertz CT molecular complexity index is 1140. The topological polar surface area (TPSA) is 62.9 Å². The second-order valence-electron chi connectivity index (χ2n) is 6.90. The number of para-hydroxylation sites is 1. The monoisotopic (exact) mass is 354 g/mol. The van der Waals surface area contributed by atoms with Gasteiger partial charge in [0, 0.05) is 17.7 Å². The first kappa shape index (κ1) is 17.0. The Morgan fingerprint density at radius 2 is 1.70 bits per heavy atom. The number of aryl methyl sites for hydroxylation is 1. The molecule has 1 atom stereocenters. The van der Waals surface area contributed by atoms with Crippen LogP contribution in [0.2, 0.25) is 0 Å². The van der Waals surface area contributed by atoms with Crippen molar-refractivity contribution in [2.75, 3.05) is 0 Å². The highest BCUT2D eigenvalue weighted by atomic mass is 16.1. The highest BCUT2D eigenvalue weighted by molar-refractivity contribution is 5.99. The number of nitriles is 1. The van der Waals surface area contributed by atoms with Gasteiger partial charge in [0.2, 0.25) is 0 Å². The standard InChI is InChI=1S/C23H18N2O2/c1-15-7-5-6-10-20(15)25-21-12-17(16-8-3-2-4-9-16)13-22(26)19(21)11-18(14-24)23(25)27/h2-11,17H,12-13H2,1H3/t17-/m1/s1. The van der Waals surface area contributed by atoms with Gasteiger partial charge in [0.25, 0.3) is 5.56 Å². The van der Waals surface area contributed by atoms with Gasteiger partial charge < -0.3 is 0 Å². The summed E-state index contributed by atoms with van der Waals surface area (Å²) in [5.74, 6) is -0.00209. The predicted octanol–water partition coefficient (Wildman–Crippen LogP) is 3.93. The van der Waals surface area contributed by atoms with Crippen molar-refractivity contribution < 1.29 is 4.79 Å². The molecule has 0 amide bonds. The van der Waals surface area contributed by atoms with Crippen molar-refractivity contribution in [3.05, 3.63) is 99.0 Å². The Labute approximate surface area is 157 Å². The minimum absolute atomic E-state index is 0.00325. The van der Waals surface area contributed by atoms with Crippen LogP contribution >= 0.6 is 0 Å². The van der Waals surface area contributed by atoms with Crippen LogP contribution in [0.5, 0.6) is 0 Å². The third kappa shape index (κ3) is 2.88. The average molecular weight is 354 g/mol. The molecule has 132 valence electrons. The molecule has 4 heteroatoms. The van der Waals surface area contributed by atoms with Crippen molar-refractivity contribution in [2.45, 2.75) is 25.7 Å². The third-order valence-electron chi connectivity index (χ3n) is 5.22. The van der Waals surface area contributed by atoms with Gasteiger partial charge in [-0.3, -0.25) is 14.2 Å². The molecule has 0 N–H and O–H groups in total. The molecule has 0 spiro atoms. The normalized spacial score (nSPS) is 15.9. The molecule has 27 heavy (non-hydrogen) atoms. The molecule has 3 aromatic rings. The first-order valence-electron chi connectivity index (χ1n) is 8.93. The van der Waals surface area contributed by atoms with E-state index in [4.69, 9.17) is 0 Å². The van der Waals surface area contributed by atoms with Gasteiger partial charge in [-0.1, -0.05) is 48.5 Å². The quantitative estimate of drug-likeness (QED) is 0.700. The van der Waals surface area contributed by atoms with Crippen LogP contribution < -0.4 is 5.56 Å². The SMILES string of the molecule is Cc1ccccc1-n1c2c(cc(C#N)c1=O)C(=O)C[C@H](c1ccccc1)C2. The summed E-state index contributed by atoms with van der Waals surface area (Å²) >= 11 is 0. The van der Waals surface area contributed by atoms with Gasteiger partial charge >= 0.3 is 0 Å². The molecule has 0 fully saturated rings. The fourth-order valence-corrected chi connectivity index (χ4v) is 3.84. The number of rotatable bonds is 2. The zero-order chi connectivity index (χ0) is 19.0. The number of nitrogens with zero attached hydrogens (tertiary/aromatic N) is 2. The Balaban J connectivity index is 1.97. The lowest BCUT2D eigenvalue weighted by Crippen LogP contribution is -2.32. The average Bonchev–Trinajstić information content (AvgIpc) is 2.69. The molecule has 1 aromatic heterocycles. The molecule has 1 aliphatic carbocycles. The summed E-state index contributed by atoms with van der Waals surface area (Å²) in [5, 5.41) is 9.40. The van der Waals surface area contributed by atoms with Crippen LogP contribution in [0.25, 0.3) is 5.69 Å². The molecule has 0 saturated carbocycles. The summed E-state index contributed by atoms with van der Waals surface area (Å²) in [6.45, 7) is 1.92. The van der Waals surface area contributed by atoms with E-state index in [1.807, 2.05) is 67.6 Å². The number of aromatic nitrogens is 1. The third-order valence-corrected chi connectivity index (χ3v) is 5.22. The van der Waals surface area contributed by atoms with Crippen LogP contribution in [0.15, 0.2) is 65.5 Å². The van der Waals surface area contributed by atoms with Crippen molar-refractivity contribution in [1.29, 1.82) is 5.26 Å². The van der Waals surface area contributed by atoms with E-state index in [1.54, 1.807) is 4.57 Å². The van der Waals surface area contributed by atoms with Gasteiger partial charge in [-0.05, 0) is 42.5 Å². The number of ketones is 1. The van der Waals surface area contributed by atoms with Gasteiger partial charge in [0.05, 0.1) is 5.69 Å². The second kappa shape index (κ2) is 6.69. The summed E-state index contributed by atoms with van der Waals surface area (Å²) in [6.07, 6.45) is 0.966. The summed E-state index contributed by atoms with van der Waals surface area (Å²) in [5.41, 5.74) is 3.55. The number of Topliss-reactive ketones (excluding diaryl/α,β-unsaturated/α-hetero) is 1. The molecular weight excluding hydrogens is 336 g/mol. The Morgan fingerprint density at radius 3 is 2.41 bits per heavy atom. The van der Waals surface area contributed by atoms with Crippen LogP contribution in [0.4, 0.5) is 0 Å². The number of hydrogen-bond acceptors (Lipinski definition) is 3. The molecule has 0 saturated heterocycles. The fourth-order valence-electron chi connectivity index (χ4n) is 3.84. The van der Waals surface area contributed by atoms with Gasteiger partial charge in [-0.15, -0.1) is 0 Å². The van der Waals surface area contributed by atoms with Crippen LogP contribution in [0, 0.1) is 18.3 Å². The van der Waals surface area contributed by atoms with Gasteiger partial charge in [0.1, 0.15) is 11.6 Å². The van der Waals surface area contributed by atoms with Crippen molar-refractivity contribution in [3.63, 3.8) is 0 Å². The zero-order valence-electron chi connectivity index (χ0n) is 15.0. The molecular formula is C23H18N2O2. The van der Waals surface area contributed by atoms with Crippen LogP contribution in [0.3, 0.4) is 0 Å². The number of hydrogen-bond donors (Lipinski definition) is 0. The molecule has 0 unspecified atom stereocenters. The first-order chi connectivity index (χ1) is 13.1. The summed E-state index contributed by atoms with van der Waals surface area (Å²) in [4.78, 5) is 25.9. The highest BCUT2D eigenvalue weighted by Gasteiger charge is 2.30. The lowest BCUT2D eigenvalue weighted by molar-refractivity contribution is 0.0962. The Morgan fingerprint density at radius 1 is 1.00 bits per heavy atom. The predicted molar refractivity (Wildman–Crippen MR) is 103 cm³/mol. The summed E-state index contributed by atoms with van der Waals surface area (Å²) in [6, 6.07) is 20.9. The maximum Gasteiger partial charge on any atom is 0.273 e. The van der Waals surface area contributed by atoms with Crippen molar-refractivity contribution >= 4 is 5.78 Å². The van der Waals surface area contributed by atoms with Gasteiger partial charge in [-0.2, -0.15) is 5.26 Å². The lowest BCUT2D eigenvalue weighted by Gasteiger charge is -2.27. The zero-order valence-corrected chi connectivity index (χ0v) is 15.0. The molecule has 4 rings (SSSR count). The van der Waals surface area contributed by atoms with E-state index in [1.165, 1.54) is 6.07 Å². The molecule has 1 heterocycles. The van der Waals surface area contributed by atoms with E-state index in [-0.39, 0.29) is 22.8 Å². The van der Waals surface area contributed by atoms with Crippen LogP contribution in [-0.4, -0.2) is 10.4 Å². The molecule has 2 aromatic carbocycles. The van der Waals surface area contributed by atoms with E-state index in [9.17, 15) is 14.9 Å². The molecule has 0 bridgehead atoms. The van der Waals surface area contributed by atoms with Crippen molar-refractivity contribution in [1.82, 2.24) is 4.57 Å². The number of pyridine rings is 1. The van der Waals surface area contributed by atoms with E-state index < -0.39 is 0 Å². The second-order valence-corrected chi connectivity index (χ2v) is 6.90. The van der Waals surface area contributed by atoms with E-state index in [2.05, 4.69) is 0 Å². The van der Waals surface area contributed by atoms with E-state index in [0.717, 1.165) is 16.8 Å². The largest absolute Gasteiger partial charge is 0.294 e. The number of benzene rings is 2. The highest BCUT2D eigenvalue weighted by Crippen LogP contribution is 2.33. The number of carbonyl (C=O) groups is 1. The minimum atomic E-state index is -0.368. The molecule has 0 radical (unpaired) electrons. The lowest BCUT2D eigenvalue weighted by atomic mass is 9.81. The molecule has 4 nitrogen and oxygen atoms in total. The van der Waals surface area contributed by atoms with Gasteiger partial charge in [0.15, 0.2) is 5.78 Å². The van der Waals surface area contributed by atoms with E-state index in [0.29, 0.717) is 24.1 Å². The van der Waals surface area contributed by atoms with Gasteiger partial charge in [-0.25, -0.2) is 0 Å². The molecule has 1 aliphatic rings. The summed E-state index contributed by atoms with van der Waals surface area (Å²) in [7, 11) is 0. The minimum Gasteiger partial charge on any atom is -0.294 e. The first-order valence-corrected chi connectivity index (χ1v) is 8.93. The Hall–Kier alpha value is -3.45. The van der Waals surface area contributed by atoms with Crippen LogP contribution in [-0.2, 0) is 6.42 Å². The van der Waals surface area contributed by atoms with Crippen LogP contribution in [0.1, 0.15) is 45.1 Å². The molecule has 0 aliphatic heterocycles. The van der Waals surface area contributed by atoms with Crippen molar-refractivity contribution in [3.8, 4) is 11.8 Å². The fraction of sp³-hybridized carbons (Fsp3) is 0.174. The maximum atomic E-state index is 13.0. The summed E-state index contributed by atoms with van der Waals surface area (Å²) < 4.78 is 1.57. The Kier molecular flexibility index (Phi) is 4.21.